The summed E-state index contributed by atoms with van der Waals surface area (Å²) in [5.41, 5.74) is 3.28. The van der Waals surface area contributed by atoms with Gasteiger partial charge in [0.05, 0.1) is 13.2 Å². The molecule has 1 atom stereocenters. The third kappa shape index (κ3) is 4.98. The molecule has 1 aliphatic heterocycles. The second-order valence-corrected chi connectivity index (χ2v) is 17.5. The van der Waals surface area contributed by atoms with Crippen molar-refractivity contribution in [1.82, 2.24) is 0 Å². The van der Waals surface area contributed by atoms with Gasteiger partial charge in [-0.05, 0) is 35.2 Å². The average Bonchev–Trinajstić information content (AvgIpc) is 3.00. The molecule has 0 spiro atoms. The van der Waals surface area contributed by atoms with Crippen LogP contribution >= 0.6 is 40.0 Å². The summed E-state index contributed by atoms with van der Waals surface area (Å²) in [5.74, 6) is -0.240. The van der Waals surface area contributed by atoms with E-state index in [9.17, 15) is 4.39 Å². The van der Waals surface area contributed by atoms with Gasteiger partial charge in [-0.1, -0.05) is 50.1 Å². The van der Waals surface area contributed by atoms with Gasteiger partial charge in [-0.15, -0.1) is 0 Å². The fraction of sp³-hybridized carbons (Fsp3) is 0.316. The summed E-state index contributed by atoms with van der Waals surface area (Å²) in [5, 5.41) is 0. The second kappa shape index (κ2) is 10.3. The Hall–Kier alpha value is -0.136. The van der Waals surface area contributed by atoms with Gasteiger partial charge in [-0.3, -0.25) is 0 Å². The molecule has 0 bridgehead atoms. The summed E-state index contributed by atoms with van der Waals surface area (Å²) in [6.07, 6.45) is 2.96. The first-order valence-corrected chi connectivity index (χ1v) is 17.0. The number of rotatable bonds is 4. The van der Waals surface area contributed by atoms with Crippen LogP contribution in [0, 0.1) is 12.4 Å². The minimum atomic E-state index is -0.514. The fourth-order valence-electron chi connectivity index (χ4n) is 3.18. The molecule has 1 aliphatic rings. The Morgan fingerprint density at radius 2 is 1.92 bits per heavy atom. The molecule has 25 heavy (non-hydrogen) atoms. The molecule has 2 aromatic rings. The van der Waals surface area contributed by atoms with Gasteiger partial charge in [0.1, 0.15) is 11.4 Å². The Kier molecular flexibility index (Phi) is 8.69. The van der Waals surface area contributed by atoms with Crippen LogP contribution in [0.15, 0.2) is 42.5 Å². The summed E-state index contributed by atoms with van der Waals surface area (Å²) < 4.78 is 19.5. The van der Waals surface area contributed by atoms with Crippen LogP contribution in [-0.4, -0.2) is 0 Å². The number of ether oxygens (including phenoxy) is 1. The summed E-state index contributed by atoms with van der Waals surface area (Å²) >= 11 is 4.74. The zero-order valence-corrected chi connectivity index (χ0v) is 19.5. The molecule has 0 fully saturated rings. The van der Waals surface area contributed by atoms with Crippen LogP contribution in [0.1, 0.15) is 42.9 Å². The Labute approximate surface area is 177 Å². The molecule has 0 radical (unpaired) electrons. The molecule has 1 unspecified atom stereocenters. The van der Waals surface area contributed by atoms with Crippen molar-refractivity contribution in [3.63, 3.8) is 0 Å². The van der Waals surface area contributed by atoms with E-state index in [1.807, 2.05) is 30.3 Å². The number of nitrogens with zero attached hydrogens (tertiary/aromatic N) is 1. The molecule has 0 N–H and O–H groups in total. The van der Waals surface area contributed by atoms with Crippen LogP contribution in [0.25, 0.3) is 4.85 Å². The topological polar surface area (TPSA) is 13.6 Å². The van der Waals surface area contributed by atoms with Gasteiger partial charge in [0, 0.05) is 0 Å². The quantitative estimate of drug-likeness (QED) is 0.270. The molecule has 1 heterocycles. The van der Waals surface area contributed by atoms with Crippen LogP contribution in [0.5, 0.6) is 0 Å². The van der Waals surface area contributed by atoms with Crippen molar-refractivity contribution in [3.8, 4) is 0 Å². The monoisotopic (exact) mass is 600 g/mol. The Morgan fingerprint density at radius 3 is 2.52 bits per heavy atom. The van der Waals surface area contributed by atoms with Gasteiger partial charge >= 0.3 is 49.4 Å². The zero-order valence-electron chi connectivity index (χ0n) is 13.8. The van der Waals surface area contributed by atoms with Gasteiger partial charge < -0.3 is 4.74 Å². The number of unbranched alkanes of at least 4 members (excludes halogenated alkanes) is 1. The molecule has 131 valence electrons. The van der Waals surface area contributed by atoms with E-state index < -0.39 is 5.60 Å². The first kappa shape index (κ1) is 21.2. The maximum atomic E-state index is 13.3. The van der Waals surface area contributed by atoms with Crippen molar-refractivity contribution >= 4 is 45.6 Å². The SMILES string of the molecule is [C-]#[N+]c1ccc2c(c1)COC2(CCCC)c1ccc(F)cc1.[I][V][I]. The van der Waals surface area contributed by atoms with Crippen LogP contribution in [0.4, 0.5) is 10.1 Å². The van der Waals surface area contributed by atoms with E-state index in [4.69, 9.17) is 11.3 Å². The summed E-state index contributed by atoms with van der Waals surface area (Å²) in [6.45, 7) is 9.80. The van der Waals surface area contributed by atoms with E-state index in [0.29, 0.717) is 21.8 Å². The van der Waals surface area contributed by atoms with Crippen molar-refractivity contribution in [1.29, 1.82) is 0 Å². The number of hydrogen-bond acceptors (Lipinski definition) is 1. The van der Waals surface area contributed by atoms with E-state index in [1.165, 1.54) is 12.1 Å². The third-order valence-corrected chi connectivity index (χ3v) is 4.32. The average molecular weight is 600 g/mol. The first-order chi connectivity index (χ1) is 12.1. The molecule has 0 aliphatic carbocycles. The molecular formula is C19H18FI2NOV. The predicted octanol–water partition coefficient (Wildman–Crippen LogP) is 7.11. The molecule has 2 nitrogen and oxygen atoms in total. The van der Waals surface area contributed by atoms with Crippen LogP contribution < -0.4 is 0 Å². The van der Waals surface area contributed by atoms with Crippen LogP contribution in [-0.2, 0) is 26.4 Å². The molecular weight excluding hydrogens is 582 g/mol. The molecule has 0 amide bonds. The molecule has 2 aromatic carbocycles. The maximum absolute atomic E-state index is 13.3. The Balaban J connectivity index is 0.000000701. The number of hydrogen-bond donors (Lipinski definition) is 0. The molecule has 3 rings (SSSR count). The molecule has 6 heteroatoms. The third-order valence-electron chi connectivity index (χ3n) is 4.32. The van der Waals surface area contributed by atoms with Crippen molar-refractivity contribution < 1.29 is 18.6 Å². The minimum absolute atomic E-state index is 0.240. The number of halogens is 3. The molecule has 0 aromatic heterocycles. The number of benzene rings is 2. The molecule has 0 saturated heterocycles. The van der Waals surface area contributed by atoms with Gasteiger partial charge in [0.2, 0.25) is 0 Å². The Morgan fingerprint density at radius 1 is 1.24 bits per heavy atom. The van der Waals surface area contributed by atoms with Gasteiger partial charge in [0.15, 0.2) is 5.69 Å². The predicted molar refractivity (Wildman–Crippen MR) is 112 cm³/mol. The summed E-state index contributed by atoms with van der Waals surface area (Å²) in [6, 6.07) is 12.3. The van der Waals surface area contributed by atoms with E-state index in [2.05, 4.69) is 51.7 Å². The van der Waals surface area contributed by atoms with Gasteiger partial charge in [0.25, 0.3) is 0 Å². The second-order valence-electron chi connectivity index (χ2n) is 5.74. The van der Waals surface area contributed by atoms with E-state index >= 15 is 0 Å². The van der Waals surface area contributed by atoms with Crippen molar-refractivity contribution in [2.24, 2.45) is 0 Å². The first-order valence-electron chi connectivity index (χ1n) is 7.94. The normalized spacial score (nSPS) is 17.9. The van der Waals surface area contributed by atoms with Crippen LogP contribution in [0.2, 0.25) is 0 Å². The van der Waals surface area contributed by atoms with Crippen molar-refractivity contribution in [2.45, 2.75) is 38.4 Å². The van der Waals surface area contributed by atoms with E-state index in [-0.39, 0.29) is 5.82 Å². The van der Waals surface area contributed by atoms with Crippen molar-refractivity contribution in [3.05, 3.63) is 76.4 Å². The molecule has 0 saturated carbocycles. The van der Waals surface area contributed by atoms with E-state index in [0.717, 1.165) is 36.0 Å². The van der Waals surface area contributed by atoms with Gasteiger partial charge in [-0.2, -0.15) is 0 Å². The van der Waals surface area contributed by atoms with Crippen molar-refractivity contribution in [2.75, 3.05) is 0 Å². The zero-order chi connectivity index (χ0) is 18.3. The standard InChI is InChI=1S/C19H18FNO.2HI.V/c1-3-4-11-19(15-5-7-16(20)8-6-15)18-10-9-17(21-2)12-14(18)13-22-19;;;/h5-10,12H,3-4,11,13H2,1H3;2*1H;/q;;;+2/p-2. The number of fused-ring (bicyclic) bond motifs is 1. The summed E-state index contributed by atoms with van der Waals surface area (Å²) in [4.78, 5) is 3.49. The summed E-state index contributed by atoms with van der Waals surface area (Å²) in [7, 11) is 0.628. The Bertz CT molecular complexity index is 748. The van der Waals surface area contributed by atoms with E-state index in [1.54, 1.807) is 0 Å². The van der Waals surface area contributed by atoms with Gasteiger partial charge in [-0.25, -0.2) is 9.24 Å². The van der Waals surface area contributed by atoms with Crippen LogP contribution in [0.3, 0.4) is 0 Å². The fourth-order valence-corrected chi connectivity index (χ4v) is 3.18.